The minimum atomic E-state index is 0.0742. The van der Waals surface area contributed by atoms with Crippen LogP contribution in [0.25, 0.3) is 0 Å². The molecule has 19 heavy (non-hydrogen) atoms. The second-order valence-corrected chi connectivity index (χ2v) is 4.77. The van der Waals surface area contributed by atoms with E-state index < -0.39 is 0 Å². The zero-order chi connectivity index (χ0) is 13.7. The number of nitrogens with one attached hydrogen (secondary N) is 1. The summed E-state index contributed by atoms with van der Waals surface area (Å²) in [5.41, 5.74) is 4.16. The van der Waals surface area contributed by atoms with E-state index in [1.54, 1.807) is 7.11 Å². The van der Waals surface area contributed by atoms with Crippen LogP contribution < -0.4 is 15.0 Å². The first-order valence-corrected chi connectivity index (χ1v) is 7.02. The van der Waals surface area contributed by atoms with Crippen molar-refractivity contribution in [3.05, 3.63) is 23.8 Å². The third-order valence-electron chi connectivity index (χ3n) is 3.27. The van der Waals surface area contributed by atoms with Crippen LogP contribution in [0.5, 0.6) is 11.5 Å². The van der Waals surface area contributed by atoms with E-state index in [1.807, 2.05) is 12.1 Å². The van der Waals surface area contributed by atoms with Crippen molar-refractivity contribution in [2.75, 3.05) is 13.7 Å². The molecule has 1 aliphatic rings. The fourth-order valence-electron chi connectivity index (χ4n) is 2.43. The molecule has 0 saturated carbocycles. The Bertz CT molecular complexity index is 408. The van der Waals surface area contributed by atoms with Gasteiger partial charge in [0.1, 0.15) is 6.10 Å². The van der Waals surface area contributed by atoms with Gasteiger partial charge in [0, 0.05) is 5.56 Å². The van der Waals surface area contributed by atoms with E-state index in [-0.39, 0.29) is 12.1 Å². The second kappa shape index (κ2) is 6.78. The lowest BCUT2D eigenvalue weighted by molar-refractivity contribution is 0.0265. The van der Waals surface area contributed by atoms with Gasteiger partial charge in [0.25, 0.3) is 0 Å². The molecule has 2 atom stereocenters. The van der Waals surface area contributed by atoms with Gasteiger partial charge in [0.05, 0.1) is 19.8 Å². The van der Waals surface area contributed by atoms with Gasteiger partial charge in [0.2, 0.25) is 0 Å². The third-order valence-corrected chi connectivity index (χ3v) is 3.27. The molecule has 4 nitrogen and oxygen atoms in total. The SMILES string of the molecule is CCCOc1cccc2c1OC(CCC)C2NOC. The van der Waals surface area contributed by atoms with Gasteiger partial charge >= 0.3 is 0 Å². The molecule has 1 aromatic carbocycles. The Morgan fingerprint density at radius 3 is 2.79 bits per heavy atom. The maximum atomic E-state index is 6.07. The highest BCUT2D eigenvalue weighted by molar-refractivity contribution is 5.51. The molecule has 0 saturated heterocycles. The van der Waals surface area contributed by atoms with Gasteiger partial charge in [-0.05, 0) is 18.9 Å². The van der Waals surface area contributed by atoms with E-state index >= 15 is 0 Å². The number of fused-ring (bicyclic) bond motifs is 1. The highest BCUT2D eigenvalue weighted by atomic mass is 16.6. The van der Waals surface area contributed by atoms with Crippen LogP contribution in [0.1, 0.15) is 44.7 Å². The summed E-state index contributed by atoms with van der Waals surface area (Å²) in [6, 6.07) is 6.11. The van der Waals surface area contributed by atoms with Gasteiger partial charge in [-0.3, -0.25) is 0 Å². The predicted molar refractivity (Wildman–Crippen MR) is 74.4 cm³/mol. The lowest BCUT2D eigenvalue weighted by atomic mass is 10.0. The first-order chi connectivity index (χ1) is 9.31. The van der Waals surface area contributed by atoms with Gasteiger partial charge in [-0.15, -0.1) is 0 Å². The Labute approximate surface area is 115 Å². The van der Waals surface area contributed by atoms with Crippen molar-refractivity contribution in [1.29, 1.82) is 0 Å². The summed E-state index contributed by atoms with van der Waals surface area (Å²) in [6.07, 6.45) is 3.16. The number of hydrogen-bond acceptors (Lipinski definition) is 4. The first-order valence-electron chi connectivity index (χ1n) is 7.02. The number of hydroxylamine groups is 1. The van der Waals surface area contributed by atoms with Crippen molar-refractivity contribution in [2.24, 2.45) is 0 Å². The molecule has 106 valence electrons. The van der Waals surface area contributed by atoms with Crippen molar-refractivity contribution in [3.8, 4) is 11.5 Å². The third kappa shape index (κ3) is 3.01. The topological polar surface area (TPSA) is 39.7 Å². The lowest BCUT2D eigenvalue weighted by Crippen LogP contribution is -2.30. The average molecular weight is 265 g/mol. The van der Waals surface area contributed by atoms with Crippen LogP contribution in [-0.2, 0) is 4.84 Å². The van der Waals surface area contributed by atoms with Crippen LogP contribution in [0, 0.1) is 0 Å². The molecule has 0 aromatic heterocycles. The number of para-hydroxylation sites is 1. The van der Waals surface area contributed by atoms with E-state index in [2.05, 4.69) is 25.4 Å². The normalized spacial score (nSPS) is 21.0. The fourth-order valence-corrected chi connectivity index (χ4v) is 2.43. The summed E-state index contributed by atoms with van der Waals surface area (Å²) < 4.78 is 11.8. The molecule has 1 N–H and O–H groups in total. The zero-order valence-corrected chi connectivity index (χ0v) is 11.9. The Balaban J connectivity index is 2.24. The van der Waals surface area contributed by atoms with Crippen LogP contribution in [0.2, 0.25) is 0 Å². The monoisotopic (exact) mass is 265 g/mol. The molecule has 1 aliphatic heterocycles. The molecule has 0 radical (unpaired) electrons. The number of benzene rings is 1. The molecule has 1 heterocycles. The summed E-state index contributed by atoms with van der Waals surface area (Å²) in [5.74, 6) is 1.70. The van der Waals surface area contributed by atoms with Crippen molar-refractivity contribution < 1.29 is 14.3 Å². The van der Waals surface area contributed by atoms with Gasteiger partial charge in [-0.1, -0.05) is 32.4 Å². The van der Waals surface area contributed by atoms with Crippen molar-refractivity contribution in [1.82, 2.24) is 5.48 Å². The number of hydrogen-bond donors (Lipinski definition) is 1. The Kier molecular flexibility index (Phi) is 5.05. The van der Waals surface area contributed by atoms with Crippen LogP contribution in [-0.4, -0.2) is 19.8 Å². The molecule has 0 aliphatic carbocycles. The van der Waals surface area contributed by atoms with Gasteiger partial charge in [0.15, 0.2) is 11.5 Å². The van der Waals surface area contributed by atoms with Crippen molar-refractivity contribution >= 4 is 0 Å². The molecular weight excluding hydrogens is 242 g/mol. The van der Waals surface area contributed by atoms with Gasteiger partial charge < -0.3 is 14.3 Å². The van der Waals surface area contributed by atoms with Crippen molar-refractivity contribution in [2.45, 2.75) is 45.3 Å². The van der Waals surface area contributed by atoms with Crippen LogP contribution in [0.4, 0.5) is 0 Å². The van der Waals surface area contributed by atoms with Crippen LogP contribution in [0.15, 0.2) is 18.2 Å². The van der Waals surface area contributed by atoms with Gasteiger partial charge in [-0.25, -0.2) is 0 Å². The maximum Gasteiger partial charge on any atom is 0.166 e. The molecule has 2 rings (SSSR count). The number of rotatable bonds is 7. The minimum absolute atomic E-state index is 0.0742. The summed E-state index contributed by atoms with van der Waals surface area (Å²) in [4.78, 5) is 5.11. The Morgan fingerprint density at radius 1 is 1.26 bits per heavy atom. The molecule has 0 fully saturated rings. The Morgan fingerprint density at radius 2 is 2.11 bits per heavy atom. The zero-order valence-electron chi connectivity index (χ0n) is 11.9. The molecular formula is C15H23NO3. The van der Waals surface area contributed by atoms with E-state index in [1.165, 1.54) is 0 Å². The molecule has 2 unspecified atom stereocenters. The smallest absolute Gasteiger partial charge is 0.166 e. The molecule has 4 heteroatoms. The summed E-state index contributed by atoms with van der Waals surface area (Å²) in [5, 5.41) is 0. The van der Waals surface area contributed by atoms with E-state index in [0.29, 0.717) is 6.61 Å². The summed E-state index contributed by atoms with van der Waals surface area (Å²) in [7, 11) is 1.64. The maximum absolute atomic E-state index is 6.07. The minimum Gasteiger partial charge on any atom is -0.490 e. The van der Waals surface area contributed by atoms with E-state index in [4.69, 9.17) is 14.3 Å². The highest BCUT2D eigenvalue weighted by Gasteiger charge is 2.35. The first kappa shape index (κ1) is 14.2. The fraction of sp³-hybridized carbons (Fsp3) is 0.600. The lowest BCUT2D eigenvalue weighted by Gasteiger charge is -2.18. The summed E-state index contributed by atoms with van der Waals surface area (Å²) in [6.45, 7) is 4.96. The van der Waals surface area contributed by atoms with Crippen LogP contribution >= 0.6 is 0 Å². The quantitative estimate of drug-likeness (QED) is 0.768. The number of ether oxygens (including phenoxy) is 2. The van der Waals surface area contributed by atoms with Crippen LogP contribution in [0.3, 0.4) is 0 Å². The largest absolute Gasteiger partial charge is 0.490 e. The standard InChI is InChI=1S/C15H23NO3/c1-4-7-12-14(16-17-3)11-8-6-9-13(15(11)19-12)18-10-5-2/h6,8-9,12,14,16H,4-5,7,10H2,1-3H3. The summed E-state index contributed by atoms with van der Waals surface area (Å²) >= 11 is 0. The predicted octanol–water partition coefficient (Wildman–Crippen LogP) is 3.23. The molecule has 1 aromatic rings. The highest BCUT2D eigenvalue weighted by Crippen LogP contribution is 2.44. The van der Waals surface area contributed by atoms with E-state index in [0.717, 1.165) is 36.3 Å². The molecule has 0 bridgehead atoms. The molecule has 0 amide bonds. The van der Waals surface area contributed by atoms with Gasteiger partial charge in [-0.2, -0.15) is 5.48 Å². The average Bonchev–Trinajstić information content (AvgIpc) is 2.76. The van der Waals surface area contributed by atoms with Crippen molar-refractivity contribution in [3.63, 3.8) is 0 Å². The molecule has 0 spiro atoms. The van der Waals surface area contributed by atoms with E-state index in [9.17, 15) is 0 Å². The Hall–Kier alpha value is -1.26. The second-order valence-electron chi connectivity index (χ2n) is 4.77.